The second-order valence-electron chi connectivity index (χ2n) is 7.92. The molecule has 0 saturated carbocycles. The van der Waals surface area contributed by atoms with E-state index in [0.29, 0.717) is 5.65 Å². The molecule has 2 aromatic carbocycles. The molecule has 2 N–H and O–H groups in total. The lowest BCUT2D eigenvalue weighted by Gasteiger charge is -2.26. The van der Waals surface area contributed by atoms with Gasteiger partial charge in [0, 0.05) is 37.0 Å². The van der Waals surface area contributed by atoms with Gasteiger partial charge in [-0.3, -0.25) is 4.90 Å². The monoisotopic (exact) mass is 464 g/mol. The number of pyridine rings is 1. The Bertz CT molecular complexity index is 1230. The molecule has 0 spiro atoms. The summed E-state index contributed by atoms with van der Waals surface area (Å²) in [7, 11) is 0. The highest BCUT2D eigenvalue weighted by Gasteiger charge is 2.13. The molecule has 3 heterocycles. The second-order valence-corrected chi connectivity index (χ2v) is 7.92. The molecule has 1 aliphatic heterocycles. The zero-order chi connectivity index (χ0) is 21.9. The first-order valence-electron chi connectivity index (χ1n) is 10.8. The Hall–Kier alpha value is -3.26. The van der Waals surface area contributed by atoms with Gasteiger partial charge in [0.2, 0.25) is 0 Å². The van der Waals surface area contributed by atoms with Crippen molar-refractivity contribution < 1.29 is 14.6 Å². The molecule has 0 radical (unpaired) electrons. The van der Waals surface area contributed by atoms with E-state index in [1.807, 2.05) is 6.07 Å². The Morgan fingerprint density at radius 3 is 2.39 bits per heavy atom. The molecule has 0 bridgehead atoms. The van der Waals surface area contributed by atoms with Crippen LogP contribution >= 0.6 is 12.4 Å². The molecule has 170 valence electrons. The molecule has 1 saturated heterocycles. The van der Waals surface area contributed by atoms with Gasteiger partial charge in [-0.25, -0.2) is 14.8 Å². The van der Waals surface area contributed by atoms with Crippen LogP contribution in [-0.2, 0) is 11.2 Å². The second kappa shape index (κ2) is 10.1. The Kier molecular flexibility index (Phi) is 7.03. The van der Waals surface area contributed by atoms with Gasteiger partial charge in [0.25, 0.3) is 0 Å². The third kappa shape index (κ3) is 5.06. The van der Waals surface area contributed by atoms with Gasteiger partial charge in [0.15, 0.2) is 5.65 Å². The summed E-state index contributed by atoms with van der Waals surface area (Å²) in [6, 6.07) is 17.2. The van der Waals surface area contributed by atoms with Gasteiger partial charge in [0.05, 0.1) is 18.8 Å². The number of carboxylic acids is 1. The quantitative estimate of drug-likeness (QED) is 0.442. The van der Waals surface area contributed by atoms with Crippen molar-refractivity contribution in [1.82, 2.24) is 19.9 Å². The van der Waals surface area contributed by atoms with E-state index in [-0.39, 0.29) is 18.0 Å². The highest BCUT2D eigenvalue weighted by atomic mass is 35.5. The van der Waals surface area contributed by atoms with Crippen LogP contribution in [0.25, 0.3) is 33.7 Å². The van der Waals surface area contributed by atoms with Gasteiger partial charge in [-0.15, -0.1) is 12.4 Å². The van der Waals surface area contributed by atoms with Crippen molar-refractivity contribution >= 4 is 29.5 Å². The minimum Gasteiger partial charge on any atom is -0.478 e. The van der Waals surface area contributed by atoms with Crippen molar-refractivity contribution in [2.24, 2.45) is 0 Å². The smallest absolute Gasteiger partial charge is 0.335 e. The number of halogens is 1. The van der Waals surface area contributed by atoms with Crippen molar-refractivity contribution in [3.63, 3.8) is 0 Å². The van der Waals surface area contributed by atoms with E-state index >= 15 is 0 Å². The van der Waals surface area contributed by atoms with E-state index < -0.39 is 5.97 Å². The van der Waals surface area contributed by atoms with Crippen LogP contribution in [0.2, 0.25) is 0 Å². The molecular weight excluding hydrogens is 440 g/mol. The molecule has 0 atom stereocenters. The summed E-state index contributed by atoms with van der Waals surface area (Å²) in [5, 5.41) is 9.13. The van der Waals surface area contributed by atoms with Crippen LogP contribution in [0.4, 0.5) is 0 Å². The number of morpholine rings is 1. The number of rotatable bonds is 6. The Morgan fingerprint density at radius 2 is 1.70 bits per heavy atom. The zero-order valence-corrected chi connectivity index (χ0v) is 18.8. The fraction of sp³-hybridized carbons (Fsp3) is 0.240. The number of aromatic amines is 1. The van der Waals surface area contributed by atoms with Crippen LogP contribution in [0.3, 0.4) is 0 Å². The molecule has 0 unspecified atom stereocenters. The summed E-state index contributed by atoms with van der Waals surface area (Å²) >= 11 is 0. The van der Waals surface area contributed by atoms with Crippen molar-refractivity contribution in [1.29, 1.82) is 0 Å². The number of H-pyrrole nitrogens is 1. The average Bonchev–Trinajstić information content (AvgIpc) is 3.28. The van der Waals surface area contributed by atoms with Gasteiger partial charge in [-0.05, 0) is 35.7 Å². The van der Waals surface area contributed by atoms with Gasteiger partial charge >= 0.3 is 5.97 Å². The molecule has 0 aliphatic carbocycles. The number of aromatic nitrogens is 3. The summed E-state index contributed by atoms with van der Waals surface area (Å²) in [5.41, 5.74) is 5.85. The van der Waals surface area contributed by atoms with E-state index in [1.165, 1.54) is 5.56 Å². The SMILES string of the molecule is Cl.O=C(O)c1ccc(-c2ccnc3[nH]c(-c4ccc(CCN5CCOCC5)cc4)nc23)cc1. The first-order chi connectivity index (χ1) is 15.7. The standard InChI is InChI=1S/C25H24N4O3.ClH/c30-25(31)20-7-5-18(6-8-20)21-9-11-26-24-22(21)27-23(28-24)19-3-1-17(2-4-19)10-12-29-13-15-32-16-14-29;/h1-9,11H,10,12-16H2,(H,30,31)(H,26,27,28);1H. The lowest BCUT2D eigenvalue weighted by molar-refractivity contribution is 0.0384. The fourth-order valence-corrected chi connectivity index (χ4v) is 4.01. The molecule has 2 aromatic heterocycles. The lowest BCUT2D eigenvalue weighted by atomic mass is 10.0. The van der Waals surface area contributed by atoms with Crippen molar-refractivity contribution in [2.45, 2.75) is 6.42 Å². The van der Waals surface area contributed by atoms with Crippen LogP contribution in [0.5, 0.6) is 0 Å². The highest BCUT2D eigenvalue weighted by molar-refractivity contribution is 5.93. The minimum absolute atomic E-state index is 0. The maximum Gasteiger partial charge on any atom is 0.335 e. The predicted molar refractivity (Wildman–Crippen MR) is 130 cm³/mol. The van der Waals surface area contributed by atoms with E-state index in [9.17, 15) is 4.79 Å². The molecule has 1 aliphatic rings. The van der Waals surface area contributed by atoms with E-state index in [2.05, 4.69) is 39.1 Å². The molecule has 33 heavy (non-hydrogen) atoms. The molecule has 0 amide bonds. The molecule has 7 nitrogen and oxygen atoms in total. The summed E-state index contributed by atoms with van der Waals surface area (Å²) in [4.78, 5) is 26.1. The third-order valence-electron chi connectivity index (χ3n) is 5.88. The van der Waals surface area contributed by atoms with Gasteiger partial charge in [0.1, 0.15) is 11.3 Å². The molecule has 1 fully saturated rings. The highest BCUT2D eigenvalue weighted by Crippen LogP contribution is 2.29. The molecule has 5 rings (SSSR count). The number of benzene rings is 2. The van der Waals surface area contributed by atoms with Crippen molar-refractivity contribution in [3.05, 3.63) is 71.9 Å². The van der Waals surface area contributed by atoms with Crippen LogP contribution < -0.4 is 0 Å². The maximum absolute atomic E-state index is 11.1. The minimum atomic E-state index is -0.938. The number of fused-ring (bicyclic) bond motifs is 1. The summed E-state index contributed by atoms with van der Waals surface area (Å²) < 4.78 is 5.41. The number of aromatic carboxylic acids is 1. The van der Waals surface area contributed by atoms with Crippen LogP contribution in [-0.4, -0.2) is 63.8 Å². The van der Waals surface area contributed by atoms with E-state index in [1.54, 1.807) is 30.5 Å². The van der Waals surface area contributed by atoms with Crippen LogP contribution in [0.1, 0.15) is 15.9 Å². The van der Waals surface area contributed by atoms with E-state index in [0.717, 1.165) is 67.3 Å². The summed E-state index contributed by atoms with van der Waals surface area (Å²) in [5.74, 6) is -0.172. The Balaban J connectivity index is 0.00000259. The number of ether oxygens (including phenoxy) is 1. The maximum atomic E-state index is 11.1. The Labute approximate surface area is 197 Å². The normalized spacial score (nSPS) is 14.2. The number of hydrogen-bond donors (Lipinski definition) is 2. The first kappa shape index (κ1) is 22.9. The average molecular weight is 465 g/mol. The van der Waals surface area contributed by atoms with E-state index in [4.69, 9.17) is 14.8 Å². The largest absolute Gasteiger partial charge is 0.478 e. The predicted octanol–water partition coefficient (Wildman–Crippen LogP) is 4.29. The topological polar surface area (TPSA) is 91.3 Å². The van der Waals surface area contributed by atoms with Gasteiger partial charge in [-0.2, -0.15) is 0 Å². The summed E-state index contributed by atoms with van der Waals surface area (Å²) in [6.45, 7) is 4.70. The Morgan fingerprint density at radius 1 is 1.00 bits per heavy atom. The molecule has 4 aromatic rings. The molecule has 8 heteroatoms. The number of nitrogens with zero attached hydrogens (tertiary/aromatic N) is 3. The van der Waals surface area contributed by atoms with Crippen LogP contribution in [0, 0.1) is 0 Å². The molecular formula is C25H25ClN4O3. The number of carbonyl (C=O) groups is 1. The van der Waals surface area contributed by atoms with Gasteiger partial charge in [-0.1, -0.05) is 36.4 Å². The first-order valence-corrected chi connectivity index (χ1v) is 10.8. The zero-order valence-electron chi connectivity index (χ0n) is 18.0. The van der Waals surface area contributed by atoms with Gasteiger partial charge < -0.3 is 14.8 Å². The number of carboxylic acid groups (broad SMARTS) is 1. The fourth-order valence-electron chi connectivity index (χ4n) is 4.01. The van der Waals surface area contributed by atoms with Crippen LogP contribution in [0.15, 0.2) is 60.8 Å². The van der Waals surface area contributed by atoms with Crippen molar-refractivity contribution in [2.75, 3.05) is 32.8 Å². The summed E-state index contributed by atoms with van der Waals surface area (Å²) in [6.07, 6.45) is 2.75. The number of imidazole rings is 1. The third-order valence-corrected chi connectivity index (χ3v) is 5.88. The number of hydrogen-bond acceptors (Lipinski definition) is 5. The van der Waals surface area contributed by atoms with Crippen molar-refractivity contribution in [3.8, 4) is 22.5 Å². The number of nitrogens with one attached hydrogen (secondary N) is 1. The lowest BCUT2D eigenvalue weighted by Crippen LogP contribution is -2.37.